The van der Waals surface area contributed by atoms with Crippen LogP contribution in [0.3, 0.4) is 0 Å². The second-order valence-electron chi connectivity index (χ2n) is 4.49. The van der Waals surface area contributed by atoms with Gasteiger partial charge in [-0.2, -0.15) is 0 Å². The summed E-state index contributed by atoms with van der Waals surface area (Å²) in [6, 6.07) is 8.98. The normalized spacial score (nSPS) is 16.9. The predicted octanol–water partition coefficient (Wildman–Crippen LogP) is 2.90. The number of nitrogens with one attached hydrogen (secondary N) is 1. The van der Waals surface area contributed by atoms with Crippen molar-refractivity contribution in [2.24, 2.45) is 0 Å². The van der Waals surface area contributed by atoms with Gasteiger partial charge in [0.15, 0.2) is 0 Å². The zero-order valence-electron chi connectivity index (χ0n) is 11.6. The van der Waals surface area contributed by atoms with Gasteiger partial charge in [0.05, 0.1) is 7.11 Å². The van der Waals surface area contributed by atoms with Crippen molar-refractivity contribution in [1.82, 2.24) is 10.2 Å². The maximum Gasteiger partial charge on any atom is 0.119 e. The lowest BCUT2D eigenvalue weighted by molar-refractivity contribution is 0.169. The molecule has 19 heavy (non-hydrogen) atoms. The lowest BCUT2D eigenvalue weighted by Gasteiger charge is -2.34. The first-order valence-electron chi connectivity index (χ1n) is 6.44. The van der Waals surface area contributed by atoms with Crippen molar-refractivity contribution in [3.8, 4) is 5.75 Å². The third kappa shape index (κ3) is 4.84. The molecule has 1 fully saturated rings. The highest BCUT2D eigenvalue weighted by atomic mass is 35.5. The zero-order chi connectivity index (χ0) is 12.1. The topological polar surface area (TPSA) is 24.5 Å². The van der Waals surface area contributed by atoms with Crippen LogP contribution >= 0.6 is 24.8 Å². The number of methoxy groups -OCH3 is 1. The number of halogens is 2. The Kier molecular flexibility index (Phi) is 9.19. The van der Waals surface area contributed by atoms with E-state index in [1.54, 1.807) is 7.11 Å². The Hall–Kier alpha value is -0.480. The molecule has 1 aliphatic rings. The van der Waals surface area contributed by atoms with Gasteiger partial charge in [-0.3, -0.25) is 4.90 Å². The number of piperazine rings is 1. The summed E-state index contributed by atoms with van der Waals surface area (Å²) in [7, 11) is 1.73. The molecule has 1 saturated heterocycles. The highest BCUT2D eigenvalue weighted by molar-refractivity contribution is 5.85. The van der Waals surface area contributed by atoms with Crippen molar-refractivity contribution >= 4 is 24.8 Å². The molecule has 2 rings (SSSR count). The minimum Gasteiger partial charge on any atom is -0.497 e. The molecule has 1 aliphatic heterocycles. The number of nitrogens with zero attached hydrogens (tertiary/aromatic N) is 1. The fraction of sp³-hybridized carbons (Fsp3) is 0.571. The molecule has 1 heterocycles. The fourth-order valence-corrected chi connectivity index (χ4v) is 2.55. The smallest absolute Gasteiger partial charge is 0.119 e. The van der Waals surface area contributed by atoms with E-state index in [0.29, 0.717) is 6.04 Å². The van der Waals surface area contributed by atoms with Crippen LogP contribution in [0.15, 0.2) is 24.3 Å². The van der Waals surface area contributed by atoms with E-state index in [1.165, 1.54) is 5.56 Å². The van der Waals surface area contributed by atoms with Gasteiger partial charge in [0.25, 0.3) is 0 Å². The quantitative estimate of drug-likeness (QED) is 0.926. The van der Waals surface area contributed by atoms with Crippen LogP contribution in [0.5, 0.6) is 5.75 Å². The van der Waals surface area contributed by atoms with E-state index in [9.17, 15) is 0 Å². The molecule has 0 saturated carbocycles. The molecule has 0 unspecified atom stereocenters. The Morgan fingerprint density at radius 3 is 2.53 bits per heavy atom. The molecule has 1 N–H and O–H groups in total. The number of benzene rings is 1. The summed E-state index contributed by atoms with van der Waals surface area (Å²) >= 11 is 0. The highest BCUT2D eigenvalue weighted by Gasteiger charge is 2.20. The molecule has 1 atom stereocenters. The van der Waals surface area contributed by atoms with E-state index in [-0.39, 0.29) is 24.8 Å². The molecular formula is C14H24Cl2N2O. The molecule has 5 heteroatoms. The summed E-state index contributed by atoms with van der Waals surface area (Å²) in [5.74, 6) is 0.955. The van der Waals surface area contributed by atoms with Gasteiger partial charge >= 0.3 is 0 Å². The lowest BCUT2D eigenvalue weighted by atomic mass is 10.0. The minimum atomic E-state index is 0. The third-order valence-corrected chi connectivity index (χ3v) is 3.46. The van der Waals surface area contributed by atoms with Crippen molar-refractivity contribution in [3.63, 3.8) is 0 Å². The van der Waals surface area contributed by atoms with E-state index in [4.69, 9.17) is 4.74 Å². The first-order chi connectivity index (χ1) is 8.35. The average Bonchev–Trinajstić information content (AvgIpc) is 2.41. The van der Waals surface area contributed by atoms with Crippen LogP contribution in [0.25, 0.3) is 0 Å². The molecule has 0 aliphatic carbocycles. The van der Waals surface area contributed by atoms with E-state index < -0.39 is 0 Å². The maximum atomic E-state index is 5.31. The van der Waals surface area contributed by atoms with Gasteiger partial charge in [0.1, 0.15) is 5.75 Å². The second kappa shape index (κ2) is 9.43. The van der Waals surface area contributed by atoms with Gasteiger partial charge in [-0.25, -0.2) is 0 Å². The summed E-state index contributed by atoms with van der Waals surface area (Å²) in [5.41, 5.74) is 1.37. The zero-order valence-corrected chi connectivity index (χ0v) is 13.2. The Morgan fingerprint density at radius 1 is 1.26 bits per heavy atom. The fourth-order valence-electron chi connectivity index (χ4n) is 2.55. The Bertz CT molecular complexity index is 357. The Morgan fingerprint density at radius 2 is 1.95 bits per heavy atom. The van der Waals surface area contributed by atoms with Crippen LogP contribution in [0.2, 0.25) is 0 Å². The van der Waals surface area contributed by atoms with Crippen molar-refractivity contribution in [2.45, 2.75) is 19.4 Å². The van der Waals surface area contributed by atoms with Crippen molar-refractivity contribution < 1.29 is 4.74 Å². The van der Waals surface area contributed by atoms with Crippen LogP contribution in [0.4, 0.5) is 0 Å². The van der Waals surface area contributed by atoms with Crippen molar-refractivity contribution in [3.05, 3.63) is 29.8 Å². The molecule has 3 nitrogen and oxygen atoms in total. The van der Waals surface area contributed by atoms with Gasteiger partial charge in [-0.1, -0.05) is 19.1 Å². The molecule has 1 aromatic rings. The second-order valence-corrected chi connectivity index (χ2v) is 4.49. The molecule has 0 aromatic heterocycles. The molecule has 0 amide bonds. The SMILES string of the molecule is CC[C@H](c1cccc(OC)c1)N1CCNCC1.Cl.Cl. The summed E-state index contributed by atoms with van der Waals surface area (Å²) < 4.78 is 5.31. The van der Waals surface area contributed by atoms with Crippen LogP contribution in [0, 0.1) is 0 Å². The summed E-state index contributed by atoms with van der Waals surface area (Å²) in [6.07, 6.45) is 1.15. The average molecular weight is 307 g/mol. The highest BCUT2D eigenvalue weighted by Crippen LogP contribution is 2.27. The van der Waals surface area contributed by atoms with E-state index in [1.807, 2.05) is 6.07 Å². The standard InChI is InChI=1S/C14H22N2O.2ClH/c1-3-14(16-9-7-15-8-10-16)12-5-4-6-13(11-12)17-2;;/h4-6,11,14-15H,3,7-10H2,1-2H3;2*1H/t14-;;/m1../s1. The van der Waals surface area contributed by atoms with Crippen LogP contribution < -0.4 is 10.1 Å². The van der Waals surface area contributed by atoms with Gasteiger partial charge in [0.2, 0.25) is 0 Å². The molecule has 0 spiro atoms. The predicted molar refractivity (Wildman–Crippen MR) is 85.0 cm³/mol. The Balaban J connectivity index is 0.00000162. The molecule has 0 radical (unpaired) electrons. The van der Waals surface area contributed by atoms with Gasteiger partial charge in [-0.05, 0) is 24.1 Å². The van der Waals surface area contributed by atoms with Crippen LogP contribution in [0.1, 0.15) is 24.9 Å². The molecule has 110 valence electrons. The number of hydrogen-bond acceptors (Lipinski definition) is 3. The van der Waals surface area contributed by atoms with Gasteiger partial charge in [-0.15, -0.1) is 24.8 Å². The summed E-state index contributed by atoms with van der Waals surface area (Å²) in [5, 5.41) is 3.40. The monoisotopic (exact) mass is 306 g/mol. The first kappa shape index (κ1) is 18.5. The minimum absolute atomic E-state index is 0. The van der Waals surface area contributed by atoms with Crippen LogP contribution in [-0.4, -0.2) is 38.2 Å². The Labute approximate surface area is 128 Å². The first-order valence-corrected chi connectivity index (χ1v) is 6.44. The van der Waals surface area contributed by atoms with E-state index >= 15 is 0 Å². The largest absolute Gasteiger partial charge is 0.497 e. The number of ether oxygens (including phenoxy) is 1. The number of hydrogen-bond donors (Lipinski definition) is 1. The van der Waals surface area contributed by atoms with Crippen molar-refractivity contribution in [1.29, 1.82) is 0 Å². The van der Waals surface area contributed by atoms with Gasteiger partial charge < -0.3 is 10.1 Å². The van der Waals surface area contributed by atoms with Crippen LogP contribution in [-0.2, 0) is 0 Å². The maximum absolute atomic E-state index is 5.31. The number of rotatable bonds is 4. The van der Waals surface area contributed by atoms with E-state index in [2.05, 4.69) is 35.3 Å². The van der Waals surface area contributed by atoms with Crippen molar-refractivity contribution in [2.75, 3.05) is 33.3 Å². The lowest BCUT2D eigenvalue weighted by Crippen LogP contribution is -2.45. The summed E-state index contributed by atoms with van der Waals surface area (Å²) in [4.78, 5) is 2.56. The molecule has 0 bridgehead atoms. The third-order valence-electron chi connectivity index (χ3n) is 3.46. The van der Waals surface area contributed by atoms with Gasteiger partial charge in [0, 0.05) is 32.2 Å². The van der Waals surface area contributed by atoms with E-state index in [0.717, 1.165) is 38.3 Å². The molecule has 1 aromatic carbocycles. The summed E-state index contributed by atoms with van der Waals surface area (Å²) in [6.45, 7) is 6.72. The molecular weight excluding hydrogens is 283 g/mol.